The number of rotatable bonds is 7. The average Bonchev–Trinajstić information content (AvgIpc) is 3.12. The maximum Gasteiger partial charge on any atom is 0.130 e. The van der Waals surface area contributed by atoms with E-state index < -0.39 is 8.07 Å². The van der Waals surface area contributed by atoms with Crippen LogP contribution in [-0.4, -0.2) is 8.07 Å². The number of fused-ring (bicyclic) bond motifs is 3. The maximum absolute atomic E-state index is 2.60. The normalized spacial score (nSPS) is 20.1. The molecule has 0 aromatic carbocycles. The lowest BCUT2D eigenvalue weighted by Crippen LogP contribution is -2.50. The molecule has 3 heteroatoms. The largest absolute Gasteiger partial charge is 0.152 e. The topological polar surface area (TPSA) is 0 Å². The Hall–Kier alpha value is -0.383. The van der Waals surface area contributed by atoms with Crippen molar-refractivity contribution in [1.29, 1.82) is 0 Å². The zero-order chi connectivity index (χ0) is 14.0. The van der Waals surface area contributed by atoms with E-state index >= 15 is 0 Å². The average molecular weight is 321 g/mol. The van der Waals surface area contributed by atoms with Crippen molar-refractivity contribution in [3.63, 3.8) is 0 Å². The second kappa shape index (κ2) is 6.16. The Morgan fingerprint density at radius 3 is 2.55 bits per heavy atom. The molecule has 2 aromatic rings. The number of hydrogen-bond donors (Lipinski definition) is 0. The van der Waals surface area contributed by atoms with Crippen molar-refractivity contribution in [2.24, 2.45) is 0 Å². The molecule has 0 saturated carbocycles. The molecule has 0 bridgehead atoms. The third-order valence-electron chi connectivity index (χ3n) is 4.70. The summed E-state index contributed by atoms with van der Waals surface area (Å²) in [6, 6.07) is 6.24. The van der Waals surface area contributed by atoms with Crippen molar-refractivity contribution in [2.45, 2.75) is 58.0 Å². The van der Waals surface area contributed by atoms with Crippen molar-refractivity contribution < 1.29 is 0 Å². The fraction of sp³-hybridized carbons (Fsp3) is 0.529. The van der Waals surface area contributed by atoms with Crippen LogP contribution in [0.15, 0.2) is 22.9 Å². The molecule has 3 heterocycles. The molecule has 0 nitrogen and oxygen atoms in total. The fourth-order valence-electron chi connectivity index (χ4n) is 3.50. The van der Waals surface area contributed by atoms with Crippen LogP contribution in [0.25, 0.3) is 10.4 Å². The summed E-state index contributed by atoms with van der Waals surface area (Å²) in [5.41, 5.74) is 1.58. The van der Waals surface area contributed by atoms with Gasteiger partial charge in [-0.05, 0) is 28.1 Å². The van der Waals surface area contributed by atoms with Gasteiger partial charge in [-0.25, -0.2) is 0 Å². The molecular weight excluding hydrogens is 296 g/mol. The first-order valence-corrected chi connectivity index (χ1v) is 12.4. The molecule has 20 heavy (non-hydrogen) atoms. The van der Waals surface area contributed by atoms with Gasteiger partial charge in [-0.15, -0.1) is 11.3 Å². The minimum absolute atomic E-state index is 1.35. The zero-order valence-electron chi connectivity index (χ0n) is 12.6. The molecule has 0 saturated heterocycles. The summed E-state index contributed by atoms with van der Waals surface area (Å²) in [7, 11) is -1.36. The Morgan fingerprint density at radius 2 is 1.70 bits per heavy atom. The molecule has 108 valence electrons. The van der Waals surface area contributed by atoms with Gasteiger partial charge in [0.2, 0.25) is 0 Å². The fourth-order valence-corrected chi connectivity index (χ4v) is 11.6. The van der Waals surface area contributed by atoms with Crippen LogP contribution in [-0.2, 0) is 0 Å². The van der Waals surface area contributed by atoms with E-state index in [1.807, 2.05) is 22.7 Å². The van der Waals surface area contributed by atoms with E-state index in [0.717, 1.165) is 0 Å². The highest BCUT2D eigenvalue weighted by atomic mass is 32.1. The summed E-state index contributed by atoms with van der Waals surface area (Å²) in [4.78, 5) is 1.60. The molecule has 0 amide bonds. The van der Waals surface area contributed by atoms with Crippen LogP contribution in [0.1, 0.15) is 45.4 Å². The lowest BCUT2D eigenvalue weighted by atomic mass is 10.1. The van der Waals surface area contributed by atoms with Gasteiger partial charge >= 0.3 is 0 Å². The summed E-state index contributed by atoms with van der Waals surface area (Å²) < 4.78 is 1.76. The molecule has 1 atom stereocenters. The number of thiophene rings is 2. The van der Waals surface area contributed by atoms with Crippen LogP contribution in [0.4, 0.5) is 0 Å². The molecule has 0 fully saturated rings. The van der Waals surface area contributed by atoms with E-state index in [4.69, 9.17) is 0 Å². The molecule has 1 unspecified atom stereocenters. The third kappa shape index (κ3) is 2.44. The highest BCUT2D eigenvalue weighted by Gasteiger charge is 2.42. The lowest BCUT2D eigenvalue weighted by Gasteiger charge is -2.22. The van der Waals surface area contributed by atoms with E-state index in [9.17, 15) is 0 Å². The van der Waals surface area contributed by atoms with E-state index in [1.165, 1.54) is 44.6 Å². The SMILES string of the molecule is CCCCCCCC[Si]1(C)c2ccsc2-c2ccsc21. The lowest BCUT2D eigenvalue weighted by molar-refractivity contribution is 0.623. The van der Waals surface area contributed by atoms with Crippen LogP contribution < -0.4 is 9.69 Å². The summed E-state index contributed by atoms with van der Waals surface area (Å²) in [5.74, 6) is 0. The quantitative estimate of drug-likeness (QED) is 0.477. The van der Waals surface area contributed by atoms with Crippen molar-refractivity contribution in [2.75, 3.05) is 0 Å². The summed E-state index contributed by atoms with van der Waals surface area (Å²) in [6.45, 7) is 4.90. The second-order valence-electron chi connectivity index (χ2n) is 6.18. The molecule has 0 radical (unpaired) electrons. The highest BCUT2D eigenvalue weighted by Crippen LogP contribution is 2.36. The number of hydrogen-bond acceptors (Lipinski definition) is 2. The summed E-state index contributed by atoms with van der Waals surface area (Å²) >= 11 is 3.97. The summed E-state index contributed by atoms with van der Waals surface area (Å²) in [5, 5.41) is 6.34. The molecule has 1 aliphatic heterocycles. The second-order valence-corrected chi connectivity index (χ2v) is 12.6. The van der Waals surface area contributed by atoms with Crippen molar-refractivity contribution in [3.05, 3.63) is 22.9 Å². The van der Waals surface area contributed by atoms with Crippen LogP contribution in [0.3, 0.4) is 0 Å². The van der Waals surface area contributed by atoms with Crippen molar-refractivity contribution >= 4 is 40.4 Å². The van der Waals surface area contributed by atoms with Gasteiger partial charge in [-0.3, -0.25) is 0 Å². The van der Waals surface area contributed by atoms with E-state index in [2.05, 4.69) is 36.4 Å². The van der Waals surface area contributed by atoms with Gasteiger partial charge in [0.25, 0.3) is 0 Å². The Labute approximate surface area is 131 Å². The minimum Gasteiger partial charge on any atom is -0.152 e. The molecule has 3 rings (SSSR count). The molecular formula is C17H24S2Si. The minimum atomic E-state index is -1.36. The van der Waals surface area contributed by atoms with Gasteiger partial charge in [-0.2, -0.15) is 11.3 Å². The molecule has 2 aromatic heterocycles. The standard InChI is InChI=1S/C17H24S2Si/c1-3-4-5-6-7-8-13-20(2)15-10-12-18-16(15)14-9-11-19-17(14)20/h9-12H,3-8,13H2,1-2H3. The van der Waals surface area contributed by atoms with Gasteiger partial charge in [0.15, 0.2) is 0 Å². The molecule has 1 aliphatic rings. The number of unbranched alkanes of at least 4 members (excludes halogenated alkanes) is 5. The van der Waals surface area contributed by atoms with Gasteiger partial charge in [0, 0.05) is 14.9 Å². The van der Waals surface area contributed by atoms with Gasteiger partial charge in [-0.1, -0.05) is 58.1 Å². The highest BCUT2D eigenvalue weighted by molar-refractivity contribution is 7.32. The monoisotopic (exact) mass is 320 g/mol. The third-order valence-corrected chi connectivity index (χ3v) is 12.5. The van der Waals surface area contributed by atoms with Crippen LogP contribution >= 0.6 is 22.7 Å². The predicted molar refractivity (Wildman–Crippen MR) is 96.7 cm³/mol. The smallest absolute Gasteiger partial charge is 0.130 e. The zero-order valence-corrected chi connectivity index (χ0v) is 15.2. The van der Waals surface area contributed by atoms with Crippen LogP contribution in [0, 0.1) is 0 Å². The Balaban J connectivity index is 1.67. The van der Waals surface area contributed by atoms with Crippen molar-refractivity contribution in [1.82, 2.24) is 0 Å². The molecule has 0 spiro atoms. The first kappa shape index (κ1) is 14.5. The molecule has 0 N–H and O–H groups in total. The van der Waals surface area contributed by atoms with Gasteiger partial charge < -0.3 is 0 Å². The Bertz CT molecular complexity index is 527. The molecule has 0 aliphatic carbocycles. The van der Waals surface area contributed by atoms with Crippen LogP contribution in [0.5, 0.6) is 0 Å². The summed E-state index contributed by atoms with van der Waals surface area (Å²) in [6.07, 6.45) is 8.50. The Morgan fingerprint density at radius 1 is 0.950 bits per heavy atom. The van der Waals surface area contributed by atoms with E-state index in [-0.39, 0.29) is 0 Å². The maximum atomic E-state index is 2.60. The predicted octanol–water partition coefficient (Wildman–Crippen LogP) is 5.34. The van der Waals surface area contributed by atoms with Gasteiger partial charge in [0.1, 0.15) is 8.07 Å². The van der Waals surface area contributed by atoms with Crippen LogP contribution in [0.2, 0.25) is 12.6 Å². The van der Waals surface area contributed by atoms with E-state index in [1.54, 1.807) is 20.1 Å². The van der Waals surface area contributed by atoms with Crippen molar-refractivity contribution in [3.8, 4) is 10.4 Å². The Kier molecular flexibility index (Phi) is 4.48. The van der Waals surface area contributed by atoms with Gasteiger partial charge in [0.05, 0.1) is 0 Å². The van der Waals surface area contributed by atoms with E-state index in [0.29, 0.717) is 0 Å². The first-order valence-electron chi connectivity index (χ1n) is 7.93. The first-order chi connectivity index (χ1) is 9.77.